The molecule has 0 aromatic carbocycles. The largest absolute Gasteiger partial charge is 0.349 e. The monoisotopic (exact) mass is 236 g/mol. The number of hydrogen-bond donors (Lipinski definition) is 0. The topological polar surface area (TPSA) is 18.5 Å². The van der Waals surface area contributed by atoms with E-state index in [2.05, 4.69) is 22.0 Å². The van der Waals surface area contributed by atoms with Crippen LogP contribution in [0.25, 0.3) is 0 Å². The minimum Gasteiger partial charge on any atom is -0.349 e. The Hall–Kier alpha value is 0.140. The van der Waals surface area contributed by atoms with E-state index >= 15 is 0 Å². The van der Waals surface area contributed by atoms with E-state index in [1.54, 1.807) is 0 Å². The van der Waals surface area contributed by atoms with Crippen molar-refractivity contribution in [2.75, 3.05) is 18.5 Å². The first-order chi connectivity index (χ1) is 5.76. The maximum absolute atomic E-state index is 5.39. The molecule has 0 aliphatic rings. The van der Waals surface area contributed by atoms with Crippen molar-refractivity contribution in [2.24, 2.45) is 0 Å². The Morgan fingerprint density at radius 2 is 1.83 bits per heavy atom. The van der Waals surface area contributed by atoms with Crippen LogP contribution in [0, 0.1) is 0 Å². The van der Waals surface area contributed by atoms with Crippen molar-refractivity contribution in [1.29, 1.82) is 0 Å². The molecule has 0 unspecified atom stereocenters. The van der Waals surface area contributed by atoms with Crippen LogP contribution < -0.4 is 0 Å². The molecule has 0 saturated carbocycles. The average molecular weight is 237 g/mol. The predicted octanol–water partition coefficient (Wildman–Crippen LogP) is 2.73. The van der Waals surface area contributed by atoms with Crippen LogP contribution >= 0.6 is 15.9 Å². The SMILES string of the molecule is CCOC(OCC)/C(C)=C/CBr. The predicted molar refractivity (Wildman–Crippen MR) is 54.6 cm³/mol. The fourth-order valence-corrected chi connectivity index (χ4v) is 1.34. The number of halogens is 1. The van der Waals surface area contributed by atoms with Crippen molar-refractivity contribution in [3.63, 3.8) is 0 Å². The van der Waals surface area contributed by atoms with E-state index in [-0.39, 0.29) is 6.29 Å². The van der Waals surface area contributed by atoms with Crippen LogP contribution in [0.15, 0.2) is 11.6 Å². The van der Waals surface area contributed by atoms with Crippen LogP contribution in [0.4, 0.5) is 0 Å². The zero-order chi connectivity index (χ0) is 9.40. The molecule has 0 aliphatic heterocycles. The Kier molecular flexibility index (Phi) is 7.86. The zero-order valence-corrected chi connectivity index (χ0v) is 9.56. The minimum absolute atomic E-state index is 0.169. The summed E-state index contributed by atoms with van der Waals surface area (Å²) in [5.74, 6) is 0. The number of allylic oxidation sites excluding steroid dienone is 1. The summed E-state index contributed by atoms with van der Waals surface area (Å²) >= 11 is 3.33. The van der Waals surface area contributed by atoms with E-state index in [1.165, 1.54) is 0 Å². The highest BCUT2D eigenvalue weighted by Gasteiger charge is 2.08. The molecule has 0 heterocycles. The van der Waals surface area contributed by atoms with Crippen molar-refractivity contribution in [3.05, 3.63) is 11.6 Å². The maximum atomic E-state index is 5.39. The second-order valence-electron chi connectivity index (χ2n) is 2.35. The molecule has 3 heteroatoms. The summed E-state index contributed by atoms with van der Waals surface area (Å²) < 4.78 is 10.8. The van der Waals surface area contributed by atoms with Crippen molar-refractivity contribution in [1.82, 2.24) is 0 Å². The lowest BCUT2D eigenvalue weighted by molar-refractivity contribution is -0.111. The second-order valence-corrected chi connectivity index (χ2v) is 2.99. The van der Waals surface area contributed by atoms with Crippen LogP contribution in [0.5, 0.6) is 0 Å². The summed E-state index contributed by atoms with van der Waals surface area (Å²) in [6.07, 6.45) is 1.88. The first-order valence-electron chi connectivity index (χ1n) is 4.22. The van der Waals surface area contributed by atoms with E-state index in [4.69, 9.17) is 9.47 Å². The van der Waals surface area contributed by atoms with E-state index < -0.39 is 0 Å². The quantitative estimate of drug-likeness (QED) is 0.401. The van der Waals surface area contributed by atoms with Gasteiger partial charge in [0.05, 0.1) is 0 Å². The zero-order valence-electron chi connectivity index (χ0n) is 7.97. The molecule has 0 fully saturated rings. The number of rotatable bonds is 6. The Bertz CT molecular complexity index is 128. The van der Waals surface area contributed by atoms with Crippen molar-refractivity contribution in [2.45, 2.75) is 27.1 Å². The molecule has 0 bridgehead atoms. The Morgan fingerprint density at radius 1 is 1.33 bits per heavy atom. The molecule has 0 spiro atoms. The van der Waals surface area contributed by atoms with Gasteiger partial charge in [-0.1, -0.05) is 22.0 Å². The van der Waals surface area contributed by atoms with Gasteiger partial charge >= 0.3 is 0 Å². The molecule has 0 radical (unpaired) electrons. The first kappa shape index (κ1) is 12.1. The molecular formula is C9H17BrO2. The van der Waals surface area contributed by atoms with Gasteiger partial charge in [0.25, 0.3) is 0 Å². The third kappa shape index (κ3) is 4.91. The summed E-state index contributed by atoms with van der Waals surface area (Å²) in [6.45, 7) is 7.30. The van der Waals surface area contributed by atoms with Gasteiger partial charge in [0.2, 0.25) is 0 Å². The Balaban J connectivity index is 3.98. The highest BCUT2D eigenvalue weighted by molar-refractivity contribution is 9.09. The lowest BCUT2D eigenvalue weighted by Gasteiger charge is -2.17. The van der Waals surface area contributed by atoms with Crippen LogP contribution in [-0.2, 0) is 9.47 Å². The minimum atomic E-state index is -0.169. The van der Waals surface area contributed by atoms with Gasteiger partial charge in [0, 0.05) is 18.5 Å². The van der Waals surface area contributed by atoms with Gasteiger partial charge < -0.3 is 9.47 Å². The van der Waals surface area contributed by atoms with Crippen LogP contribution in [0.2, 0.25) is 0 Å². The molecule has 0 aromatic rings. The molecule has 0 atom stereocenters. The molecule has 0 amide bonds. The molecule has 0 aromatic heterocycles. The highest BCUT2D eigenvalue weighted by atomic mass is 79.9. The normalized spacial score (nSPS) is 12.6. The maximum Gasteiger partial charge on any atom is 0.179 e. The van der Waals surface area contributed by atoms with Crippen molar-refractivity contribution in [3.8, 4) is 0 Å². The lowest BCUT2D eigenvalue weighted by atomic mass is 10.3. The number of hydrogen-bond acceptors (Lipinski definition) is 2. The first-order valence-corrected chi connectivity index (χ1v) is 5.34. The molecule has 0 rings (SSSR count). The fourth-order valence-electron chi connectivity index (χ4n) is 0.832. The highest BCUT2D eigenvalue weighted by Crippen LogP contribution is 2.08. The summed E-state index contributed by atoms with van der Waals surface area (Å²) in [7, 11) is 0. The number of ether oxygens (including phenoxy) is 2. The molecule has 72 valence electrons. The molecule has 0 saturated heterocycles. The van der Waals surface area contributed by atoms with E-state index in [9.17, 15) is 0 Å². The van der Waals surface area contributed by atoms with Crippen LogP contribution in [0.3, 0.4) is 0 Å². The van der Waals surface area contributed by atoms with Crippen LogP contribution in [0.1, 0.15) is 20.8 Å². The summed E-state index contributed by atoms with van der Waals surface area (Å²) in [4.78, 5) is 0. The third-order valence-corrected chi connectivity index (χ3v) is 1.73. The van der Waals surface area contributed by atoms with Crippen molar-refractivity contribution < 1.29 is 9.47 Å². The smallest absolute Gasteiger partial charge is 0.179 e. The van der Waals surface area contributed by atoms with Crippen molar-refractivity contribution >= 4 is 15.9 Å². The van der Waals surface area contributed by atoms with E-state index in [1.807, 2.05) is 20.8 Å². The molecule has 12 heavy (non-hydrogen) atoms. The molecule has 2 nitrogen and oxygen atoms in total. The number of alkyl halides is 1. The fraction of sp³-hybridized carbons (Fsp3) is 0.778. The third-order valence-electron chi connectivity index (χ3n) is 1.41. The Labute approximate surface area is 83.1 Å². The van der Waals surface area contributed by atoms with Gasteiger partial charge in [-0.2, -0.15) is 0 Å². The van der Waals surface area contributed by atoms with Gasteiger partial charge in [-0.15, -0.1) is 0 Å². The molecular weight excluding hydrogens is 220 g/mol. The summed E-state index contributed by atoms with van der Waals surface area (Å²) in [5, 5.41) is 0.843. The van der Waals surface area contributed by atoms with Crippen LogP contribution in [-0.4, -0.2) is 24.8 Å². The van der Waals surface area contributed by atoms with Gasteiger partial charge in [-0.05, 0) is 26.3 Å². The molecule has 0 aliphatic carbocycles. The average Bonchev–Trinajstić information content (AvgIpc) is 2.04. The lowest BCUT2D eigenvalue weighted by Crippen LogP contribution is -2.18. The van der Waals surface area contributed by atoms with E-state index in [0.29, 0.717) is 13.2 Å². The summed E-state index contributed by atoms with van der Waals surface area (Å²) in [5.41, 5.74) is 1.12. The standard InChI is InChI=1S/C9H17BrO2/c1-4-11-9(12-5-2)8(3)6-7-10/h6,9H,4-5,7H2,1-3H3/b8-6+. The second kappa shape index (κ2) is 7.77. The van der Waals surface area contributed by atoms with Gasteiger partial charge in [-0.25, -0.2) is 0 Å². The summed E-state index contributed by atoms with van der Waals surface area (Å²) in [6, 6.07) is 0. The van der Waals surface area contributed by atoms with Gasteiger partial charge in [-0.3, -0.25) is 0 Å². The van der Waals surface area contributed by atoms with E-state index in [0.717, 1.165) is 10.9 Å². The molecule has 0 N–H and O–H groups in total. The van der Waals surface area contributed by atoms with Gasteiger partial charge in [0.15, 0.2) is 6.29 Å². The Morgan fingerprint density at radius 3 is 2.17 bits per heavy atom. The van der Waals surface area contributed by atoms with Gasteiger partial charge in [0.1, 0.15) is 0 Å².